The number of carboxylic acid groups (broad SMARTS) is 1. The van der Waals surface area contributed by atoms with Crippen LogP contribution in [0.15, 0.2) is 36.4 Å². The molecule has 0 aliphatic rings. The Morgan fingerprint density at radius 1 is 1.09 bits per heavy atom. The van der Waals surface area contributed by atoms with Crippen LogP contribution in [0, 0.1) is 7.14 Å². The number of carbonyl (C=O) groups is 1. The average molecular weight is 651 g/mol. The first kappa shape index (κ1) is 19.0. The highest BCUT2D eigenvalue weighted by molar-refractivity contribution is 14.1. The summed E-state index contributed by atoms with van der Waals surface area (Å²) in [4.78, 5) is 10.9. The lowest BCUT2D eigenvalue weighted by molar-refractivity contribution is -0.138. The van der Waals surface area contributed by atoms with Crippen molar-refractivity contribution in [3.63, 3.8) is 0 Å². The largest absolute Gasteiger partial charge is 0.506 e. The molecule has 2 rings (SSSR count). The Balaban J connectivity index is 2.16. The second-order valence-corrected chi connectivity index (χ2v) is 8.34. The van der Waals surface area contributed by atoms with E-state index >= 15 is 0 Å². The summed E-state index contributed by atoms with van der Waals surface area (Å²) in [6.07, 6.45) is 0. The number of phenolic OH excluding ortho intramolecular Hbond substituents is 1. The Labute approximate surface area is 174 Å². The Kier molecular flexibility index (Phi) is 6.74. The lowest BCUT2D eigenvalue weighted by Gasteiger charge is -2.15. The molecule has 0 unspecified atom stereocenters. The summed E-state index contributed by atoms with van der Waals surface area (Å²) in [5.41, 5.74) is 6.46. The molecule has 122 valence electrons. The molecule has 0 spiro atoms. The second-order valence-electron chi connectivity index (χ2n) is 4.67. The summed E-state index contributed by atoms with van der Waals surface area (Å²) in [6, 6.07) is 9.66. The van der Waals surface area contributed by atoms with Gasteiger partial charge in [-0.25, -0.2) is 0 Å². The van der Waals surface area contributed by atoms with Crippen LogP contribution in [0.4, 0.5) is 0 Å². The third kappa shape index (κ3) is 4.82. The number of carboxylic acids is 1. The zero-order valence-electron chi connectivity index (χ0n) is 11.5. The lowest BCUT2D eigenvalue weighted by Crippen LogP contribution is -2.33. The number of ether oxygens (including phenoxy) is 1. The summed E-state index contributed by atoms with van der Waals surface area (Å²) in [5, 5.41) is 18.7. The number of aromatic hydroxyl groups is 1. The van der Waals surface area contributed by atoms with E-state index in [2.05, 4.69) is 0 Å². The Hall–Kier alpha value is -0.340. The molecule has 2 aromatic rings. The number of benzene rings is 2. The van der Waals surface area contributed by atoms with Gasteiger partial charge >= 0.3 is 5.97 Å². The standard InChI is InChI=1S/C15H12I3NO4/c16-10-5-9(6-11(17)14(10)20)23-8-3-1-7(2-4-8)12(18)13(19)15(21)22/h1-6,12-13,20H,19H2,(H,21,22)/t12-,13-/m0/s1. The smallest absolute Gasteiger partial charge is 0.321 e. The molecule has 2 aromatic carbocycles. The van der Waals surface area contributed by atoms with Crippen molar-refractivity contribution in [1.29, 1.82) is 0 Å². The van der Waals surface area contributed by atoms with E-state index < -0.39 is 12.0 Å². The van der Waals surface area contributed by atoms with E-state index in [1.807, 2.05) is 67.8 Å². The van der Waals surface area contributed by atoms with Crippen LogP contribution >= 0.6 is 67.8 Å². The Morgan fingerprint density at radius 2 is 1.61 bits per heavy atom. The van der Waals surface area contributed by atoms with Crippen LogP contribution in [0.5, 0.6) is 17.2 Å². The SMILES string of the molecule is N[C@H](C(=O)O)[C@@H](I)c1ccc(Oc2cc(I)c(O)c(I)c2)cc1. The molecule has 0 saturated heterocycles. The number of hydrogen-bond acceptors (Lipinski definition) is 4. The molecule has 4 N–H and O–H groups in total. The first-order valence-corrected chi connectivity index (χ1v) is 9.78. The van der Waals surface area contributed by atoms with Crippen molar-refractivity contribution in [2.75, 3.05) is 0 Å². The molecule has 0 bridgehead atoms. The van der Waals surface area contributed by atoms with Crippen LogP contribution in [0.1, 0.15) is 9.49 Å². The molecule has 0 aliphatic heterocycles. The fourth-order valence-electron chi connectivity index (χ4n) is 1.79. The van der Waals surface area contributed by atoms with E-state index in [9.17, 15) is 9.90 Å². The first-order valence-electron chi connectivity index (χ1n) is 6.38. The van der Waals surface area contributed by atoms with Gasteiger partial charge in [-0.05, 0) is 75.0 Å². The van der Waals surface area contributed by atoms with E-state index in [-0.39, 0.29) is 9.67 Å². The van der Waals surface area contributed by atoms with E-state index in [0.29, 0.717) is 18.6 Å². The summed E-state index contributed by atoms with van der Waals surface area (Å²) < 4.78 is 6.86. The van der Waals surface area contributed by atoms with Gasteiger partial charge in [0.05, 0.1) is 11.1 Å². The number of halogens is 3. The topological polar surface area (TPSA) is 92.8 Å². The molecule has 0 aliphatic carbocycles. The normalized spacial score (nSPS) is 13.4. The lowest BCUT2D eigenvalue weighted by atomic mass is 10.1. The fraction of sp³-hybridized carbons (Fsp3) is 0.133. The van der Waals surface area contributed by atoms with Crippen LogP contribution in [-0.2, 0) is 4.79 Å². The monoisotopic (exact) mass is 651 g/mol. The molecule has 0 fully saturated rings. The van der Waals surface area contributed by atoms with Gasteiger partial charge in [-0.2, -0.15) is 0 Å². The molecule has 0 heterocycles. The van der Waals surface area contributed by atoms with Crippen molar-refractivity contribution in [3.05, 3.63) is 49.1 Å². The molecular weight excluding hydrogens is 639 g/mol. The molecule has 8 heteroatoms. The van der Waals surface area contributed by atoms with E-state index in [4.69, 9.17) is 15.6 Å². The molecular formula is C15H12I3NO4. The molecule has 0 amide bonds. The molecule has 23 heavy (non-hydrogen) atoms. The van der Waals surface area contributed by atoms with Crippen molar-refractivity contribution in [2.45, 2.75) is 9.97 Å². The number of phenols is 1. The predicted octanol–water partition coefficient (Wildman–Crippen LogP) is 4.28. The summed E-state index contributed by atoms with van der Waals surface area (Å²) >= 11 is 6.10. The van der Waals surface area contributed by atoms with Gasteiger partial charge in [-0.1, -0.05) is 34.7 Å². The second kappa shape index (κ2) is 8.16. The highest BCUT2D eigenvalue weighted by atomic mass is 127. The van der Waals surface area contributed by atoms with Gasteiger partial charge in [-0.3, -0.25) is 4.79 Å². The van der Waals surface area contributed by atoms with Gasteiger partial charge in [0, 0.05) is 0 Å². The van der Waals surface area contributed by atoms with Crippen LogP contribution < -0.4 is 10.5 Å². The molecule has 0 radical (unpaired) electrons. The molecule has 2 atom stereocenters. The fourth-order valence-corrected chi connectivity index (χ4v) is 4.22. The quantitative estimate of drug-likeness (QED) is 0.332. The van der Waals surface area contributed by atoms with Crippen molar-refractivity contribution < 1.29 is 19.7 Å². The van der Waals surface area contributed by atoms with Gasteiger partial charge in [0.1, 0.15) is 23.3 Å². The van der Waals surface area contributed by atoms with Crippen molar-refractivity contribution in [3.8, 4) is 17.2 Å². The molecule has 0 aromatic heterocycles. The van der Waals surface area contributed by atoms with Crippen LogP contribution in [-0.4, -0.2) is 22.2 Å². The number of alkyl halides is 1. The zero-order chi connectivity index (χ0) is 17.1. The van der Waals surface area contributed by atoms with Crippen LogP contribution in [0.3, 0.4) is 0 Å². The highest BCUT2D eigenvalue weighted by Gasteiger charge is 2.23. The van der Waals surface area contributed by atoms with Gasteiger partial charge in [0.2, 0.25) is 0 Å². The summed E-state index contributed by atoms with van der Waals surface area (Å²) in [7, 11) is 0. The van der Waals surface area contributed by atoms with Crippen molar-refractivity contribution >= 4 is 73.7 Å². The Morgan fingerprint density at radius 3 is 2.09 bits per heavy atom. The minimum atomic E-state index is -1.03. The Bertz CT molecular complexity index is 698. The molecule has 5 nitrogen and oxygen atoms in total. The number of hydrogen-bond donors (Lipinski definition) is 3. The number of nitrogens with two attached hydrogens (primary N) is 1. The number of rotatable bonds is 5. The van der Waals surface area contributed by atoms with Crippen molar-refractivity contribution in [1.82, 2.24) is 0 Å². The van der Waals surface area contributed by atoms with Gasteiger partial charge in [-0.15, -0.1) is 0 Å². The third-order valence-electron chi connectivity index (χ3n) is 3.03. The first-order chi connectivity index (χ1) is 10.8. The molecule has 0 saturated carbocycles. The minimum Gasteiger partial charge on any atom is -0.506 e. The zero-order valence-corrected chi connectivity index (χ0v) is 18.0. The summed E-state index contributed by atoms with van der Waals surface area (Å²) in [6.45, 7) is 0. The van der Waals surface area contributed by atoms with Gasteiger partial charge in [0.25, 0.3) is 0 Å². The van der Waals surface area contributed by atoms with Gasteiger partial charge in [0.15, 0.2) is 0 Å². The van der Waals surface area contributed by atoms with Gasteiger partial charge < -0.3 is 20.7 Å². The van der Waals surface area contributed by atoms with E-state index in [0.717, 1.165) is 5.56 Å². The van der Waals surface area contributed by atoms with Crippen molar-refractivity contribution in [2.24, 2.45) is 5.73 Å². The summed E-state index contributed by atoms with van der Waals surface area (Å²) in [5.74, 6) is 0.457. The maximum absolute atomic E-state index is 10.9. The average Bonchev–Trinajstić information content (AvgIpc) is 2.51. The number of aliphatic carboxylic acids is 1. The third-order valence-corrected chi connectivity index (χ3v) is 6.16. The van der Waals surface area contributed by atoms with E-state index in [1.54, 1.807) is 36.4 Å². The maximum atomic E-state index is 10.9. The van der Waals surface area contributed by atoms with Crippen LogP contribution in [0.2, 0.25) is 0 Å². The van der Waals surface area contributed by atoms with Crippen LogP contribution in [0.25, 0.3) is 0 Å². The highest BCUT2D eigenvalue weighted by Crippen LogP contribution is 2.34. The van der Waals surface area contributed by atoms with E-state index in [1.165, 1.54) is 0 Å². The minimum absolute atomic E-state index is 0.240. The maximum Gasteiger partial charge on any atom is 0.321 e. The predicted molar refractivity (Wildman–Crippen MR) is 112 cm³/mol.